The van der Waals surface area contributed by atoms with Gasteiger partial charge in [0.25, 0.3) is 0 Å². The third-order valence-corrected chi connectivity index (χ3v) is 4.88. The monoisotopic (exact) mass is 330 g/mol. The second-order valence-electron chi connectivity index (χ2n) is 5.53. The highest BCUT2D eigenvalue weighted by Gasteiger charge is 2.33. The summed E-state index contributed by atoms with van der Waals surface area (Å²) in [7, 11) is 0. The highest BCUT2D eigenvalue weighted by molar-refractivity contribution is 9.10. The third kappa shape index (κ3) is 2.60. The highest BCUT2D eigenvalue weighted by atomic mass is 79.9. The van der Waals surface area contributed by atoms with Gasteiger partial charge in [0.15, 0.2) is 0 Å². The van der Waals surface area contributed by atoms with E-state index in [0.717, 1.165) is 29.4 Å². The molecule has 0 bridgehead atoms. The molecule has 1 aliphatic rings. The van der Waals surface area contributed by atoms with Gasteiger partial charge >= 0.3 is 0 Å². The molecule has 0 aromatic heterocycles. The molecule has 104 valence electrons. The average molecular weight is 331 g/mol. The molecule has 2 aromatic carbocycles. The molecule has 1 atom stereocenters. The van der Waals surface area contributed by atoms with Crippen LogP contribution in [0, 0.1) is 0 Å². The van der Waals surface area contributed by atoms with Gasteiger partial charge in [-0.15, -0.1) is 0 Å². The minimum atomic E-state index is -0.0434. The quantitative estimate of drug-likeness (QED) is 0.899. The number of hydrogen-bond acceptors (Lipinski definition) is 2. The second-order valence-corrected chi connectivity index (χ2v) is 6.39. The predicted molar refractivity (Wildman–Crippen MR) is 88.0 cm³/mol. The number of nitrogens with two attached hydrogens (primary N) is 1. The lowest BCUT2D eigenvalue weighted by Crippen LogP contribution is -2.49. The highest BCUT2D eigenvalue weighted by Crippen LogP contribution is 2.33. The first-order valence-electron chi connectivity index (χ1n) is 7.02. The maximum atomic E-state index is 6.12. The molecule has 0 saturated heterocycles. The summed E-state index contributed by atoms with van der Waals surface area (Å²) in [6.07, 6.45) is 3.15. The van der Waals surface area contributed by atoms with Gasteiger partial charge in [-0.25, -0.2) is 0 Å². The van der Waals surface area contributed by atoms with Crippen molar-refractivity contribution in [3.05, 3.63) is 64.1 Å². The Morgan fingerprint density at radius 3 is 2.50 bits per heavy atom. The van der Waals surface area contributed by atoms with Crippen molar-refractivity contribution in [3.8, 4) is 0 Å². The van der Waals surface area contributed by atoms with E-state index in [0.29, 0.717) is 6.54 Å². The van der Waals surface area contributed by atoms with Gasteiger partial charge in [0.05, 0.1) is 5.54 Å². The Morgan fingerprint density at radius 2 is 1.75 bits per heavy atom. The molecule has 3 heteroatoms. The zero-order valence-corrected chi connectivity index (χ0v) is 13.0. The molecule has 0 heterocycles. The Labute approximate surface area is 128 Å². The molecule has 0 aliphatic heterocycles. The molecule has 0 amide bonds. The van der Waals surface area contributed by atoms with Gasteiger partial charge in [0, 0.05) is 16.7 Å². The molecular weight excluding hydrogens is 312 g/mol. The topological polar surface area (TPSA) is 38.0 Å². The zero-order valence-electron chi connectivity index (χ0n) is 11.4. The summed E-state index contributed by atoms with van der Waals surface area (Å²) in [5.41, 5.74) is 10.1. The lowest BCUT2D eigenvalue weighted by atomic mass is 9.78. The van der Waals surface area contributed by atoms with E-state index in [-0.39, 0.29) is 5.54 Å². The maximum absolute atomic E-state index is 6.12. The summed E-state index contributed by atoms with van der Waals surface area (Å²) in [5, 5.41) is 3.68. The van der Waals surface area contributed by atoms with Crippen molar-refractivity contribution in [2.75, 3.05) is 11.9 Å². The van der Waals surface area contributed by atoms with E-state index in [1.165, 1.54) is 11.1 Å². The van der Waals surface area contributed by atoms with Crippen LogP contribution in [0.25, 0.3) is 0 Å². The number of hydrogen-bond donors (Lipinski definition) is 2. The van der Waals surface area contributed by atoms with Gasteiger partial charge in [0.1, 0.15) is 0 Å². The number of fused-ring (bicyclic) bond motifs is 1. The zero-order chi connectivity index (χ0) is 14.0. The van der Waals surface area contributed by atoms with Gasteiger partial charge in [-0.3, -0.25) is 0 Å². The fraction of sp³-hybridized carbons (Fsp3) is 0.294. The number of aryl methyl sites for hydroxylation is 1. The summed E-state index contributed by atoms with van der Waals surface area (Å²) in [5.74, 6) is 0. The van der Waals surface area contributed by atoms with Crippen LogP contribution in [0.3, 0.4) is 0 Å². The second kappa shape index (κ2) is 5.58. The molecule has 0 saturated carbocycles. The fourth-order valence-corrected chi connectivity index (χ4v) is 3.36. The van der Waals surface area contributed by atoms with E-state index in [2.05, 4.69) is 57.6 Å². The van der Waals surface area contributed by atoms with Crippen molar-refractivity contribution >= 4 is 21.6 Å². The van der Waals surface area contributed by atoms with Crippen molar-refractivity contribution in [1.29, 1.82) is 0 Å². The Balaban J connectivity index is 1.89. The van der Waals surface area contributed by atoms with Crippen LogP contribution in [0.1, 0.15) is 17.5 Å². The van der Waals surface area contributed by atoms with Crippen molar-refractivity contribution in [2.24, 2.45) is 5.73 Å². The maximum Gasteiger partial charge on any atom is 0.0539 e. The molecule has 20 heavy (non-hydrogen) atoms. The molecule has 2 nitrogen and oxygen atoms in total. The Hall–Kier alpha value is -1.32. The van der Waals surface area contributed by atoms with Crippen molar-refractivity contribution in [3.63, 3.8) is 0 Å². The molecule has 3 N–H and O–H groups in total. The molecule has 1 aliphatic carbocycles. The Kier molecular flexibility index (Phi) is 3.81. The number of rotatable bonds is 3. The molecule has 3 rings (SSSR count). The molecular formula is C17H19BrN2. The van der Waals surface area contributed by atoms with Crippen molar-refractivity contribution in [2.45, 2.75) is 24.8 Å². The summed E-state index contributed by atoms with van der Waals surface area (Å²) in [4.78, 5) is 0. The summed E-state index contributed by atoms with van der Waals surface area (Å²) in [6.45, 7) is 0.642. The van der Waals surface area contributed by atoms with Crippen LogP contribution in [0.4, 0.5) is 5.69 Å². The molecule has 2 aromatic rings. The van der Waals surface area contributed by atoms with E-state index in [9.17, 15) is 0 Å². The van der Waals surface area contributed by atoms with Gasteiger partial charge in [0.2, 0.25) is 0 Å². The van der Waals surface area contributed by atoms with E-state index in [4.69, 9.17) is 5.73 Å². The van der Waals surface area contributed by atoms with Gasteiger partial charge in [-0.05, 0) is 58.5 Å². The van der Waals surface area contributed by atoms with Crippen molar-refractivity contribution in [1.82, 2.24) is 0 Å². The average Bonchev–Trinajstić information content (AvgIpc) is 2.49. The van der Waals surface area contributed by atoms with Gasteiger partial charge < -0.3 is 11.1 Å². The van der Waals surface area contributed by atoms with Crippen LogP contribution in [-0.4, -0.2) is 12.1 Å². The minimum Gasteiger partial charge on any atom is -0.377 e. The van der Waals surface area contributed by atoms with E-state index in [1.807, 2.05) is 12.1 Å². The van der Waals surface area contributed by atoms with Crippen molar-refractivity contribution < 1.29 is 0 Å². The minimum absolute atomic E-state index is 0.0434. The number of benzene rings is 2. The molecule has 1 unspecified atom stereocenters. The SMILES string of the molecule is NCC1(Nc2ccccc2Br)CCc2ccccc2C1. The smallest absolute Gasteiger partial charge is 0.0539 e. The summed E-state index contributed by atoms with van der Waals surface area (Å²) < 4.78 is 1.09. The summed E-state index contributed by atoms with van der Waals surface area (Å²) >= 11 is 3.60. The first-order valence-corrected chi connectivity index (χ1v) is 7.81. The van der Waals surface area contributed by atoms with Gasteiger partial charge in [-0.2, -0.15) is 0 Å². The molecule has 0 fully saturated rings. The van der Waals surface area contributed by atoms with E-state index < -0.39 is 0 Å². The first kappa shape index (κ1) is 13.7. The first-order chi connectivity index (χ1) is 9.72. The molecule has 0 radical (unpaired) electrons. The van der Waals surface area contributed by atoms with E-state index in [1.54, 1.807) is 0 Å². The third-order valence-electron chi connectivity index (χ3n) is 4.18. The van der Waals surface area contributed by atoms with Gasteiger partial charge in [-0.1, -0.05) is 36.4 Å². The van der Waals surface area contributed by atoms with Crippen LogP contribution in [0.15, 0.2) is 53.0 Å². The number of para-hydroxylation sites is 1. The predicted octanol–water partition coefficient (Wildman–Crippen LogP) is 3.75. The number of anilines is 1. The van der Waals surface area contributed by atoms with E-state index >= 15 is 0 Å². The van der Waals surface area contributed by atoms with Crippen LogP contribution >= 0.6 is 15.9 Å². The van der Waals surface area contributed by atoms with Crippen LogP contribution in [-0.2, 0) is 12.8 Å². The largest absolute Gasteiger partial charge is 0.377 e. The van der Waals surface area contributed by atoms with Crippen LogP contribution < -0.4 is 11.1 Å². The Bertz CT molecular complexity index is 611. The lowest BCUT2D eigenvalue weighted by molar-refractivity contribution is 0.417. The van der Waals surface area contributed by atoms with Crippen LogP contribution in [0.5, 0.6) is 0 Å². The summed E-state index contributed by atoms with van der Waals surface area (Å²) in [6, 6.07) is 16.9. The lowest BCUT2D eigenvalue weighted by Gasteiger charge is -2.39. The standard InChI is InChI=1S/C17H19BrN2/c18-15-7-3-4-8-16(15)20-17(12-19)10-9-13-5-1-2-6-14(13)11-17/h1-8,20H,9-12,19H2. The fourth-order valence-electron chi connectivity index (χ4n) is 2.98. The number of nitrogens with one attached hydrogen (secondary N) is 1. The number of halogens is 1. The van der Waals surface area contributed by atoms with Crippen LogP contribution in [0.2, 0.25) is 0 Å². The normalized spacial score (nSPS) is 21.3. The Morgan fingerprint density at radius 1 is 1.05 bits per heavy atom. The molecule has 0 spiro atoms.